The fourth-order valence-corrected chi connectivity index (χ4v) is 2.29. The van der Waals surface area contributed by atoms with E-state index in [4.69, 9.17) is 4.74 Å². The molecule has 6 nitrogen and oxygen atoms in total. The number of carbonyl (C=O) groups is 1. The first-order chi connectivity index (χ1) is 10.9. The van der Waals surface area contributed by atoms with E-state index in [0.29, 0.717) is 19.6 Å². The molecular formula is C17H25N3O3. The third-order valence-corrected chi connectivity index (χ3v) is 3.64. The van der Waals surface area contributed by atoms with E-state index in [0.717, 1.165) is 23.5 Å². The number of amides is 1. The summed E-state index contributed by atoms with van der Waals surface area (Å²) in [5, 5.41) is 21.1. The fourth-order valence-electron chi connectivity index (χ4n) is 2.29. The molecule has 0 spiro atoms. The van der Waals surface area contributed by atoms with Gasteiger partial charge >= 0.3 is 0 Å². The molecule has 0 saturated carbocycles. The molecule has 0 aliphatic rings. The third-order valence-electron chi connectivity index (χ3n) is 3.64. The summed E-state index contributed by atoms with van der Waals surface area (Å²) >= 11 is 0. The van der Waals surface area contributed by atoms with Crippen LogP contribution in [-0.2, 0) is 16.1 Å². The molecule has 1 aromatic rings. The van der Waals surface area contributed by atoms with Crippen molar-refractivity contribution in [2.45, 2.75) is 39.8 Å². The maximum Gasteiger partial charge on any atom is 0.261 e. The second kappa shape index (κ2) is 9.13. The van der Waals surface area contributed by atoms with Crippen molar-refractivity contribution in [1.29, 1.82) is 5.26 Å². The van der Waals surface area contributed by atoms with Crippen LogP contribution in [0.3, 0.4) is 0 Å². The van der Waals surface area contributed by atoms with Gasteiger partial charge in [-0.25, -0.2) is 0 Å². The number of nitrogens with zero attached hydrogens (tertiary/aromatic N) is 2. The zero-order valence-corrected chi connectivity index (χ0v) is 14.2. The molecular weight excluding hydrogens is 294 g/mol. The standard InChI is InChI=1S/C17H25N3O3/c1-12-9-15(14(3)20(12)7-8-23-4)10-16(11-18)17(22)19-6-5-13(2)21/h9-10,13,21H,5-8H2,1-4H3,(H,19,22). The number of nitriles is 1. The molecule has 0 aromatic carbocycles. The highest BCUT2D eigenvalue weighted by Crippen LogP contribution is 2.18. The topological polar surface area (TPSA) is 87.3 Å². The monoisotopic (exact) mass is 319 g/mol. The van der Waals surface area contributed by atoms with E-state index in [1.807, 2.05) is 26.0 Å². The predicted octanol–water partition coefficient (Wildman–Crippen LogP) is 1.55. The Morgan fingerprint density at radius 3 is 2.83 bits per heavy atom. The van der Waals surface area contributed by atoms with Crippen molar-refractivity contribution in [2.75, 3.05) is 20.3 Å². The van der Waals surface area contributed by atoms with Crippen molar-refractivity contribution in [1.82, 2.24) is 9.88 Å². The molecule has 2 N–H and O–H groups in total. The SMILES string of the molecule is COCCn1c(C)cc(C=C(C#N)C(=O)NCCC(C)O)c1C. The summed E-state index contributed by atoms with van der Waals surface area (Å²) in [5.74, 6) is -0.421. The Bertz CT molecular complexity index is 609. The molecule has 1 rings (SSSR count). The number of aliphatic hydroxyl groups is 1. The number of hydrogen-bond acceptors (Lipinski definition) is 4. The van der Waals surface area contributed by atoms with Gasteiger partial charge < -0.3 is 19.7 Å². The number of aryl methyl sites for hydroxylation is 1. The number of rotatable bonds is 8. The van der Waals surface area contributed by atoms with Crippen LogP contribution in [0.25, 0.3) is 6.08 Å². The van der Waals surface area contributed by atoms with Crippen LogP contribution < -0.4 is 5.32 Å². The zero-order valence-electron chi connectivity index (χ0n) is 14.2. The first-order valence-corrected chi connectivity index (χ1v) is 7.64. The van der Waals surface area contributed by atoms with E-state index in [1.165, 1.54) is 0 Å². The molecule has 6 heteroatoms. The van der Waals surface area contributed by atoms with E-state index >= 15 is 0 Å². The smallest absolute Gasteiger partial charge is 0.261 e. The Kier molecular flexibility index (Phi) is 7.52. The number of methoxy groups -OCH3 is 1. The van der Waals surface area contributed by atoms with Gasteiger partial charge in [-0.2, -0.15) is 5.26 Å². The van der Waals surface area contributed by atoms with Crippen molar-refractivity contribution in [2.24, 2.45) is 0 Å². The molecule has 0 aliphatic heterocycles. The first kappa shape index (κ1) is 18.9. The van der Waals surface area contributed by atoms with Crippen molar-refractivity contribution >= 4 is 12.0 Å². The van der Waals surface area contributed by atoms with E-state index in [-0.39, 0.29) is 5.57 Å². The van der Waals surface area contributed by atoms with Crippen LogP contribution in [0.1, 0.15) is 30.3 Å². The van der Waals surface area contributed by atoms with Gasteiger partial charge in [-0.05, 0) is 44.9 Å². The van der Waals surface area contributed by atoms with Crippen LogP contribution in [0, 0.1) is 25.2 Å². The van der Waals surface area contributed by atoms with Gasteiger partial charge in [-0.3, -0.25) is 4.79 Å². The van der Waals surface area contributed by atoms with E-state index in [9.17, 15) is 15.2 Å². The lowest BCUT2D eigenvalue weighted by molar-refractivity contribution is -0.117. The van der Waals surface area contributed by atoms with E-state index < -0.39 is 12.0 Å². The Morgan fingerprint density at radius 2 is 2.26 bits per heavy atom. The number of aromatic nitrogens is 1. The number of aliphatic hydroxyl groups excluding tert-OH is 1. The van der Waals surface area contributed by atoms with E-state index in [2.05, 4.69) is 9.88 Å². The van der Waals surface area contributed by atoms with Gasteiger partial charge in [-0.15, -0.1) is 0 Å². The highest BCUT2D eigenvalue weighted by atomic mass is 16.5. The van der Waals surface area contributed by atoms with Crippen LogP contribution >= 0.6 is 0 Å². The molecule has 1 heterocycles. The third kappa shape index (κ3) is 5.55. The second-order valence-corrected chi connectivity index (χ2v) is 5.53. The zero-order chi connectivity index (χ0) is 17.4. The Hall–Kier alpha value is -2.10. The molecule has 1 atom stereocenters. The Balaban J connectivity index is 2.90. The lowest BCUT2D eigenvalue weighted by atomic mass is 10.1. The Labute approximate surface area is 137 Å². The van der Waals surface area contributed by atoms with Gasteiger partial charge in [0.15, 0.2) is 0 Å². The predicted molar refractivity (Wildman–Crippen MR) is 88.7 cm³/mol. The molecule has 0 fully saturated rings. The molecule has 1 aromatic heterocycles. The maximum absolute atomic E-state index is 12.0. The highest BCUT2D eigenvalue weighted by molar-refractivity contribution is 6.01. The largest absolute Gasteiger partial charge is 0.393 e. The van der Waals surface area contributed by atoms with Crippen LogP contribution in [0.5, 0.6) is 0 Å². The minimum Gasteiger partial charge on any atom is -0.393 e. The molecule has 1 amide bonds. The van der Waals surface area contributed by atoms with Crippen LogP contribution in [-0.4, -0.2) is 41.9 Å². The molecule has 0 bridgehead atoms. The van der Waals surface area contributed by atoms with Gasteiger partial charge in [0.2, 0.25) is 0 Å². The van der Waals surface area contributed by atoms with Crippen molar-refractivity contribution in [3.05, 3.63) is 28.6 Å². The average molecular weight is 319 g/mol. The van der Waals surface area contributed by atoms with Crippen molar-refractivity contribution in [3.63, 3.8) is 0 Å². The number of carbonyl (C=O) groups excluding carboxylic acids is 1. The number of hydrogen-bond donors (Lipinski definition) is 2. The minimum atomic E-state index is -0.482. The minimum absolute atomic E-state index is 0.0579. The average Bonchev–Trinajstić information content (AvgIpc) is 2.76. The summed E-state index contributed by atoms with van der Waals surface area (Å²) in [6, 6.07) is 3.89. The second-order valence-electron chi connectivity index (χ2n) is 5.53. The van der Waals surface area contributed by atoms with Gasteiger partial charge in [0.25, 0.3) is 5.91 Å². The molecule has 23 heavy (non-hydrogen) atoms. The fraction of sp³-hybridized carbons (Fsp3) is 0.529. The summed E-state index contributed by atoms with van der Waals surface area (Å²) in [4.78, 5) is 12.0. The molecule has 0 saturated heterocycles. The lowest BCUT2D eigenvalue weighted by Gasteiger charge is -2.08. The van der Waals surface area contributed by atoms with Gasteiger partial charge in [-0.1, -0.05) is 0 Å². The van der Waals surface area contributed by atoms with E-state index in [1.54, 1.807) is 20.1 Å². The van der Waals surface area contributed by atoms with Crippen molar-refractivity contribution < 1.29 is 14.6 Å². The van der Waals surface area contributed by atoms with Crippen molar-refractivity contribution in [3.8, 4) is 6.07 Å². The molecule has 1 unspecified atom stereocenters. The molecule has 0 aliphatic carbocycles. The summed E-state index contributed by atoms with van der Waals surface area (Å²) < 4.78 is 7.19. The quantitative estimate of drug-likeness (QED) is 0.562. The van der Waals surface area contributed by atoms with Gasteiger partial charge in [0.1, 0.15) is 11.6 Å². The van der Waals surface area contributed by atoms with Crippen LogP contribution in [0.2, 0.25) is 0 Å². The Morgan fingerprint density at radius 1 is 1.57 bits per heavy atom. The lowest BCUT2D eigenvalue weighted by Crippen LogP contribution is -2.27. The maximum atomic E-state index is 12.0. The summed E-state index contributed by atoms with van der Waals surface area (Å²) in [6.07, 6.45) is 1.57. The van der Waals surface area contributed by atoms with Gasteiger partial charge in [0.05, 0.1) is 12.7 Å². The summed E-state index contributed by atoms with van der Waals surface area (Å²) in [6.45, 7) is 7.25. The molecule has 0 radical (unpaired) electrons. The summed E-state index contributed by atoms with van der Waals surface area (Å²) in [7, 11) is 1.65. The first-order valence-electron chi connectivity index (χ1n) is 7.64. The highest BCUT2D eigenvalue weighted by Gasteiger charge is 2.12. The molecule has 126 valence electrons. The summed E-state index contributed by atoms with van der Waals surface area (Å²) in [5.41, 5.74) is 2.95. The van der Waals surface area contributed by atoms with Gasteiger partial charge in [0, 0.05) is 31.6 Å². The number of nitrogens with one attached hydrogen (secondary N) is 1. The van der Waals surface area contributed by atoms with Crippen LogP contribution in [0.4, 0.5) is 0 Å². The number of ether oxygens (including phenoxy) is 1. The normalized spacial score (nSPS) is 12.8. The van der Waals surface area contributed by atoms with Crippen LogP contribution in [0.15, 0.2) is 11.6 Å².